The van der Waals surface area contributed by atoms with E-state index < -0.39 is 39.6 Å². The Labute approximate surface area is 182 Å². The van der Waals surface area contributed by atoms with Gasteiger partial charge in [0.05, 0.1) is 26.8 Å². The zero-order chi connectivity index (χ0) is 23.5. The van der Waals surface area contributed by atoms with Gasteiger partial charge in [0.1, 0.15) is 18.2 Å². The number of nitrogens with one attached hydrogen (secondary N) is 1. The minimum absolute atomic E-state index is 0.0955. The molecule has 0 saturated heterocycles. The number of ether oxygens (including phenoxy) is 1. The van der Waals surface area contributed by atoms with Gasteiger partial charge in [0.25, 0.3) is 11.6 Å². The molecule has 1 N–H and O–H groups in total. The molecule has 0 aliphatic carbocycles. The molecule has 3 aromatic rings. The molecule has 0 saturated carbocycles. The summed E-state index contributed by atoms with van der Waals surface area (Å²) in [5.74, 6) is -1.52. The van der Waals surface area contributed by atoms with E-state index in [9.17, 15) is 32.5 Å². The molecule has 0 aliphatic rings. The Morgan fingerprint density at radius 1 is 1.16 bits per heavy atom. The van der Waals surface area contributed by atoms with Gasteiger partial charge in [-0.2, -0.15) is 13.2 Å². The molecule has 0 unspecified atom stereocenters. The van der Waals surface area contributed by atoms with Crippen LogP contribution in [0.2, 0.25) is 5.02 Å². The first-order valence-corrected chi connectivity index (χ1v) is 9.12. The van der Waals surface area contributed by atoms with Crippen molar-refractivity contribution in [2.45, 2.75) is 12.8 Å². The number of rotatable bonds is 6. The van der Waals surface area contributed by atoms with E-state index in [1.807, 2.05) is 0 Å². The van der Waals surface area contributed by atoms with Crippen molar-refractivity contribution in [1.82, 2.24) is 4.98 Å². The number of aromatic nitrogens is 1. The number of carbonyl (C=O) groups excluding carboxylic acids is 1. The standard InChI is InChI=1S/C20H12ClF4N3O4/c21-16-7-11(20(23,24)25)9-26-18(16)10-32-14-4-1-12(2-5-14)27-19(29)15-8-13(28(30)31)3-6-17(15)22/h1-9H,10H2,(H,27,29). The lowest BCUT2D eigenvalue weighted by Gasteiger charge is -2.11. The molecule has 32 heavy (non-hydrogen) atoms. The van der Waals surface area contributed by atoms with Gasteiger partial charge in [0.2, 0.25) is 0 Å². The molecule has 3 rings (SSSR count). The van der Waals surface area contributed by atoms with E-state index >= 15 is 0 Å². The number of nitro groups is 1. The summed E-state index contributed by atoms with van der Waals surface area (Å²) in [4.78, 5) is 25.9. The van der Waals surface area contributed by atoms with E-state index in [0.717, 1.165) is 24.3 Å². The molecule has 0 spiro atoms. The summed E-state index contributed by atoms with van der Waals surface area (Å²) < 4.78 is 57.2. The number of hydrogen-bond acceptors (Lipinski definition) is 5. The lowest BCUT2D eigenvalue weighted by molar-refractivity contribution is -0.384. The topological polar surface area (TPSA) is 94.4 Å². The van der Waals surface area contributed by atoms with Crippen molar-refractivity contribution in [3.8, 4) is 5.75 Å². The largest absolute Gasteiger partial charge is 0.487 e. The molecular formula is C20H12ClF4N3O4. The van der Waals surface area contributed by atoms with Crippen molar-refractivity contribution in [2.75, 3.05) is 5.32 Å². The second-order valence-corrected chi connectivity index (χ2v) is 6.75. The Hall–Kier alpha value is -3.73. The van der Waals surface area contributed by atoms with E-state index in [1.54, 1.807) is 0 Å². The van der Waals surface area contributed by atoms with Crippen LogP contribution in [-0.4, -0.2) is 15.8 Å². The average Bonchev–Trinajstić information content (AvgIpc) is 2.73. The maximum atomic E-state index is 13.9. The van der Waals surface area contributed by atoms with E-state index in [1.165, 1.54) is 24.3 Å². The third-order valence-corrected chi connectivity index (χ3v) is 4.47. The highest BCUT2D eigenvalue weighted by Gasteiger charge is 2.31. The Bertz CT molecular complexity index is 1170. The molecule has 0 radical (unpaired) electrons. The van der Waals surface area contributed by atoms with Gasteiger partial charge in [-0.05, 0) is 36.4 Å². The summed E-state index contributed by atoms with van der Waals surface area (Å²) in [5.41, 5.74) is -1.57. The van der Waals surface area contributed by atoms with E-state index in [-0.39, 0.29) is 23.0 Å². The van der Waals surface area contributed by atoms with Crippen LogP contribution < -0.4 is 10.1 Å². The van der Waals surface area contributed by atoms with Crippen molar-refractivity contribution in [3.63, 3.8) is 0 Å². The van der Waals surface area contributed by atoms with Gasteiger partial charge in [0, 0.05) is 24.0 Å². The zero-order valence-electron chi connectivity index (χ0n) is 15.8. The predicted molar refractivity (Wildman–Crippen MR) is 106 cm³/mol. The number of pyridine rings is 1. The van der Waals surface area contributed by atoms with Gasteiger partial charge in [-0.25, -0.2) is 4.39 Å². The molecular weight excluding hydrogens is 458 g/mol. The van der Waals surface area contributed by atoms with Crippen LogP contribution in [0.25, 0.3) is 0 Å². The molecule has 0 aliphatic heterocycles. The highest BCUT2D eigenvalue weighted by molar-refractivity contribution is 6.31. The fraction of sp³-hybridized carbons (Fsp3) is 0.100. The number of nitro benzene ring substituents is 1. The Kier molecular flexibility index (Phi) is 6.58. The number of alkyl halides is 3. The molecule has 2 aromatic carbocycles. The molecule has 1 amide bonds. The highest BCUT2D eigenvalue weighted by atomic mass is 35.5. The summed E-state index contributed by atoms with van der Waals surface area (Å²) in [6.07, 6.45) is -3.92. The smallest absolute Gasteiger partial charge is 0.417 e. The number of non-ortho nitro benzene ring substituents is 1. The van der Waals surface area contributed by atoms with Gasteiger partial charge in [-0.3, -0.25) is 19.9 Å². The van der Waals surface area contributed by atoms with Gasteiger partial charge in [-0.1, -0.05) is 11.6 Å². The molecule has 1 aromatic heterocycles. The predicted octanol–water partition coefficient (Wildman–Crippen LogP) is 5.63. The molecule has 166 valence electrons. The number of anilines is 1. The Morgan fingerprint density at radius 3 is 2.44 bits per heavy atom. The molecule has 12 heteroatoms. The van der Waals surface area contributed by atoms with Crippen LogP contribution >= 0.6 is 11.6 Å². The number of carbonyl (C=O) groups is 1. The van der Waals surface area contributed by atoms with Gasteiger partial charge in [0.15, 0.2) is 0 Å². The van der Waals surface area contributed by atoms with Gasteiger partial charge < -0.3 is 10.1 Å². The van der Waals surface area contributed by atoms with Crippen LogP contribution in [-0.2, 0) is 12.8 Å². The normalized spacial score (nSPS) is 11.2. The summed E-state index contributed by atoms with van der Waals surface area (Å²) >= 11 is 5.82. The second-order valence-electron chi connectivity index (χ2n) is 6.34. The molecule has 7 nitrogen and oxygen atoms in total. The quantitative estimate of drug-likeness (QED) is 0.287. The van der Waals surface area contributed by atoms with Crippen LogP contribution in [0, 0.1) is 15.9 Å². The van der Waals surface area contributed by atoms with Gasteiger partial charge >= 0.3 is 6.18 Å². The maximum Gasteiger partial charge on any atom is 0.417 e. The number of nitrogens with zero attached hydrogens (tertiary/aromatic N) is 2. The lowest BCUT2D eigenvalue weighted by Crippen LogP contribution is -2.14. The molecule has 0 fully saturated rings. The number of amides is 1. The van der Waals surface area contributed by atoms with Crippen LogP contribution in [0.5, 0.6) is 5.75 Å². The minimum atomic E-state index is -4.57. The second kappa shape index (κ2) is 9.18. The minimum Gasteiger partial charge on any atom is -0.487 e. The van der Waals surface area contributed by atoms with Crippen molar-refractivity contribution < 1.29 is 32.0 Å². The summed E-state index contributed by atoms with van der Waals surface area (Å²) in [7, 11) is 0. The summed E-state index contributed by atoms with van der Waals surface area (Å²) in [6.45, 7) is -0.207. The van der Waals surface area contributed by atoms with Crippen LogP contribution in [0.1, 0.15) is 21.6 Å². The molecule has 1 heterocycles. The third kappa shape index (κ3) is 5.49. The van der Waals surface area contributed by atoms with E-state index in [2.05, 4.69) is 10.3 Å². The average molecular weight is 470 g/mol. The summed E-state index contributed by atoms with van der Waals surface area (Å²) in [5, 5.41) is 13.0. The van der Waals surface area contributed by atoms with Crippen molar-refractivity contribution in [3.05, 3.63) is 92.5 Å². The fourth-order valence-corrected chi connectivity index (χ4v) is 2.73. The first kappa shape index (κ1) is 22.9. The van der Waals surface area contributed by atoms with Crippen LogP contribution in [0.3, 0.4) is 0 Å². The monoisotopic (exact) mass is 469 g/mol. The zero-order valence-corrected chi connectivity index (χ0v) is 16.6. The Balaban J connectivity index is 1.64. The van der Waals surface area contributed by atoms with Gasteiger partial charge in [-0.15, -0.1) is 0 Å². The van der Waals surface area contributed by atoms with E-state index in [0.29, 0.717) is 11.9 Å². The first-order chi connectivity index (χ1) is 15.0. The number of benzene rings is 2. The number of hydrogen-bond donors (Lipinski definition) is 1. The van der Waals surface area contributed by atoms with Crippen LogP contribution in [0.15, 0.2) is 54.7 Å². The highest BCUT2D eigenvalue weighted by Crippen LogP contribution is 2.31. The number of halogens is 5. The van der Waals surface area contributed by atoms with E-state index in [4.69, 9.17) is 16.3 Å². The summed E-state index contributed by atoms with van der Waals surface area (Å²) in [6, 6.07) is 9.06. The van der Waals surface area contributed by atoms with Crippen molar-refractivity contribution in [1.29, 1.82) is 0 Å². The Morgan fingerprint density at radius 2 is 1.84 bits per heavy atom. The lowest BCUT2D eigenvalue weighted by atomic mass is 10.1. The maximum absolute atomic E-state index is 13.9. The third-order valence-electron chi connectivity index (χ3n) is 4.14. The van der Waals surface area contributed by atoms with Crippen molar-refractivity contribution in [2.24, 2.45) is 0 Å². The van der Waals surface area contributed by atoms with Crippen LogP contribution in [0.4, 0.5) is 28.9 Å². The fourth-order valence-electron chi connectivity index (χ4n) is 2.51. The molecule has 0 bridgehead atoms. The first-order valence-electron chi connectivity index (χ1n) is 8.74. The SMILES string of the molecule is O=C(Nc1ccc(OCc2ncc(C(F)(F)F)cc2Cl)cc1)c1cc([N+](=O)[O-])ccc1F. The van der Waals surface area contributed by atoms with Crippen molar-refractivity contribution >= 4 is 28.9 Å². The molecule has 0 atom stereocenters.